The summed E-state index contributed by atoms with van der Waals surface area (Å²) in [5.74, 6) is -0.108. The number of carbonyl (C=O) groups is 1. The number of carbonyl (C=O) groups excluding carboxylic acids is 1. The molecule has 2 atom stereocenters. The number of hydrogen-bond donors (Lipinski definition) is 2. The second-order valence-electron chi connectivity index (χ2n) is 5.53. The van der Waals surface area contributed by atoms with Gasteiger partial charge >= 0.3 is 0 Å². The number of piperidine rings is 1. The van der Waals surface area contributed by atoms with Gasteiger partial charge in [0.05, 0.1) is 12.1 Å². The van der Waals surface area contributed by atoms with E-state index in [1.807, 2.05) is 10.9 Å². The first-order valence-corrected chi connectivity index (χ1v) is 7.48. The van der Waals surface area contributed by atoms with Crippen LogP contribution in [0.1, 0.15) is 42.2 Å². The van der Waals surface area contributed by atoms with Crippen LogP contribution in [0.5, 0.6) is 0 Å². The molecule has 7 heteroatoms. The van der Waals surface area contributed by atoms with Crippen molar-refractivity contribution in [3.05, 3.63) is 18.0 Å². The zero-order chi connectivity index (χ0) is 13.8. The fraction of sp³-hybridized carbons (Fsp3) is 0.714. The normalized spacial score (nSPS) is 25.3. The standard InChI is InChI=1S/C14H22N4O2.ClH/c19-14(16-10-12-4-2-8-20-12)13-5-7-18(17-13)11-3-1-6-15-9-11;/h5,7,11-12,15H,1-4,6,8-10H2,(H,16,19);1H. The number of hydrogen-bond acceptors (Lipinski definition) is 4. The zero-order valence-corrected chi connectivity index (χ0v) is 12.9. The summed E-state index contributed by atoms with van der Waals surface area (Å²) in [7, 11) is 0. The van der Waals surface area contributed by atoms with Gasteiger partial charge in [0.1, 0.15) is 5.69 Å². The van der Waals surface area contributed by atoms with E-state index in [1.165, 1.54) is 0 Å². The first kappa shape index (κ1) is 16.3. The smallest absolute Gasteiger partial charge is 0.271 e. The fourth-order valence-electron chi connectivity index (χ4n) is 2.82. The van der Waals surface area contributed by atoms with Gasteiger partial charge in [0.2, 0.25) is 0 Å². The molecule has 0 bridgehead atoms. The third-order valence-electron chi connectivity index (χ3n) is 4.00. The van der Waals surface area contributed by atoms with Gasteiger partial charge in [0.25, 0.3) is 5.91 Å². The highest BCUT2D eigenvalue weighted by Gasteiger charge is 2.19. The number of amides is 1. The highest BCUT2D eigenvalue weighted by Crippen LogP contribution is 2.16. The Balaban J connectivity index is 0.00000161. The molecule has 6 nitrogen and oxygen atoms in total. The van der Waals surface area contributed by atoms with Crippen molar-refractivity contribution >= 4 is 18.3 Å². The molecular weight excluding hydrogens is 292 g/mol. The minimum Gasteiger partial charge on any atom is -0.376 e. The van der Waals surface area contributed by atoms with Crippen molar-refractivity contribution in [3.8, 4) is 0 Å². The van der Waals surface area contributed by atoms with Crippen LogP contribution in [0.4, 0.5) is 0 Å². The number of nitrogens with one attached hydrogen (secondary N) is 2. The van der Waals surface area contributed by atoms with Gasteiger partial charge < -0.3 is 15.4 Å². The van der Waals surface area contributed by atoms with Crippen LogP contribution in [0, 0.1) is 0 Å². The van der Waals surface area contributed by atoms with Gasteiger partial charge in [-0.1, -0.05) is 0 Å². The zero-order valence-electron chi connectivity index (χ0n) is 12.1. The molecule has 0 saturated carbocycles. The molecule has 2 aliphatic heterocycles. The van der Waals surface area contributed by atoms with E-state index in [2.05, 4.69) is 15.7 Å². The second-order valence-corrected chi connectivity index (χ2v) is 5.53. The van der Waals surface area contributed by atoms with Crippen LogP contribution in [0.25, 0.3) is 0 Å². The molecule has 21 heavy (non-hydrogen) atoms. The van der Waals surface area contributed by atoms with E-state index in [0.29, 0.717) is 18.3 Å². The van der Waals surface area contributed by atoms with Crippen molar-refractivity contribution in [2.45, 2.75) is 37.8 Å². The van der Waals surface area contributed by atoms with Crippen LogP contribution < -0.4 is 10.6 Å². The predicted molar refractivity (Wildman–Crippen MR) is 81.9 cm³/mol. The molecule has 118 valence electrons. The third kappa shape index (κ3) is 4.18. The molecule has 1 aromatic rings. The van der Waals surface area contributed by atoms with E-state index in [9.17, 15) is 4.79 Å². The van der Waals surface area contributed by atoms with Crippen molar-refractivity contribution in [1.82, 2.24) is 20.4 Å². The Labute approximate surface area is 131 Å². The lowest BCUT2D eigenvalue weighted by molar-refractivity contribution is 0.0852. The van der Waals surface area contributed by atoms with Gasteiger partial charge in [-0.3, -0.25) is 9.48 Å². The van der Waals surface area contributed by atoms with Gasteiger partial charge in [-0.25, -0.2) is 0 Å². The molecule has 0 spiro atoms. The minimum atomic E-state index is -0.108. The van der Waals surface area contributed by atoms with Crippen molar-refractivity contribution in [2.24, 2.45) is 0 Å². The summed E-state index contributed by atoms with van der Waals surface area (Å²) in [4.78, 5) is 12.0. The van der Waals surface area contributed by atoms with Crippen LogP contribution in [-0.4, -0.2) is 48.0 Å². The maximum Gasteiger partial charge on any atom is 0.271 e. The maximum absolute atomic E-state index is 12.0. The molecule has 1 amide bonds. The molecule has 2 aliphatic rings. The summed E-state index contributed by atoms with van der Waals surface area (Å²) in [5, 5.41) is 10.7. The van der Waals surface area contributed by atoms with E-state index in [0.717, 1.165) is 45.4 Å². The molecule has 3 heterocycles. The first-order chi connectivity index (χ1) is 9.83. The van der Waals surface area contributed by atoms with E-state index in [1.54, 1.807) is 6.07 Å². The Kier molecular flexibility index (Phi) is 6.02. The average molecular weight is 315 g/mol. The lowest BCUT2D eigenvalue weighted by Crippen LogP contribution is -2.33. The van der Waals surface area contributed by atoms with Crippen LogP contribution >= 0.6 is 12.4 Å². The van der Waals surface area contributed by atoms with Crippen molar-refractivity contribution in [3.63, 3.8) is 0 Å². The van der Waals surface area contributed by atoms with Crippen LogP contribution in [0.15, 0.2) is 12.3 Å². The summed E-state index contributed by atoms with van der Waals surface area (Å²) in [5.41, 5.74) is 0.494. The summed E-state index contributed by atoms with van der Waals surface area (Å²) < 4.78 is 7.40. The van der Waals surface area contributed by atoms with Crippen LogP contribution in [0.2, 0.25) is 0 Å². The Hall–Kier alpha value is -1.11. The Morgan fingerprint density at radius 3 is 3.10 bits per heavy atom. The number of ether oxygens (including phenoxy) is 1. The monoisotopic (exact) mass is 314 g/mol. The number of nitrogens with zero attached hydrogens (tertiary/aromatic N) is 2. The van der Waals surface area contributed by atoms with Gasteiger partial charge in [-0.2, -0.15) is 5.10 Å². The molecule has 3 rings (SSSR count). The van der Waals surface area contributed by atoms with Crippen molar-refractivity contribution in [1.29, 1.82) is 0 Å². The Morgan fingerprint density at radius 1 is 1.48 bits per heavy atom. The molecule has 2 N–H and O–H groups in total. The molecule has 0 aromatic carbocycles. The van der Waals surface area contributed by atoms with Crippen LogP contribution in [-0.2, 0) is 4.74 Å². The van der Waals surface area contributed by atoms with E-state index in [4.69, 9.17) is 4.74 Å². The topological polar surface area (TPSA) is 68.2 Å². The lowest BCUT2D eigenvalue weighted by atomic mass is 10.1. The van der Waals surface area contributed by atoms with Gasteiger partial charge in [0, 0.05) is 25.9 Å². The molecule has 0 radical (unpaired) electrons. The quantitative estimate of drug-likeness (QED) is 0.874. The fourth-order valence-corrected chi connectivity index (χ4v) is 2.82. The summed E-state index contributed by atoms with van der Waals surface area (Å²) in [6.07, 6.45) is 6.46. The van der Waals surface area contributed by atoms with Crippen molar-refractivity contribution in [2.75, 3.05) is 26.2 Å². The number of rotatable bonds is 4. The van der Waals surface area contributed by atoms with Crippen molar-refractivity contribution < 1.29 is 9.53 Å². The second kappa shape index (κ2) is 7.77. The lowest BCUT2D eigenvalue weighted by Gasteiger charge is -2.22. The summed E-state index contributed by atoms with van der Waals surface area (Å²) in [6, 6.07) is 2.16. The van der Waals surface area contributed by atoms with E-state index >= 15 is 0 Å². The van der Waals surface area contributed by atoms with Crippen LogP contribution in [0.3, 0.4) is 0 Å². The SMILES string of the molecule is Cl.O=C(NCC1CCCO1)c1ccn(C2CCCNC2)n1. The molecule has 2 fully saturated rings. The predicted octanol–water partition coefficient (Wildman–Crippen LogP) is 1.14. The average Bonchev–Trinajstić information content (AvgIpc) is 3.17. The Bertz CT molecular complexity index is 454. The largest absolute Gasteiger partial charge is 0.376 e. The highest BCUT2D eigenvalue weighted by molar-refractivity contribution is 5.92. The van der Waals surface area contributed by atoms with Gasteiger partial charge in [-0.15, -0.1) is 12.4 Å². The molecule has 2 unspecified atom stereocenters. The molecule has 1 aromatic heterocycles. The highest BCUT2D eigenvalue weighted by atomic mass is 35.5. The minimum absolute atomic E-state index is 0. The summed E-state index contributed by atoms with van der Waals surface area (Å²) in [6.45, 7) is 3.39. The molecule has 0 aliphatic carbocycles. The maximum atomic E-state index is 12.0. The van der Waals surface area contributed by atoms with E-state index in [-0.39, 0.29) is 24.4 Å². The third-order valence-corrected chi connectivity index (χ3v) is 4.00. The first-order valence-electron chi connectivity index (χ1n) is 7.48. The number of aromatic nitrogens is 2. The van der Waals surface area contributed by atoms with E-state index < -0.39 is 0 Å². The molecule has 2 saturated heterocycles. The Morgan fingerprint density at radius 2 is 2.38 bits per heavy atom. The molecular formula is C14H23ClN4O2. The van der Waals surface area contributed by atoms with Gasteiger partial charge in [0.15, 0.2) is 0 Å². The van der Waals surface area contributed by atoms with Gasteiger partial charge in [-0.05, 0) is 38.3 Å². The summed E-state index contributed by atoms with van der Waals surface area (Å²) >= 11 is 0. The number of halogens is 1.